The topological polar surface area (TPSA) is 91.9 Å². The van der Waals surface area contributed by atoms with Gasteiger partial charge in [-0.3, -0.25) is 9.48 Å². The molecule has 4 aromatic rings. The van der Waals surface area contributed by atoms with Gasteiger partial charge in [-0.05, 0) is 30.2 Å². The van der Waals surface area contributed by atoms with E-state index in [4.69, 9.17) is 14.2 Å². The Balaban J connectivity index is 1.36. The molecule has 9 nitrogen and oxygen atoms in total. The van der Waals surface area contributed by atoms with Crippen molar-refractivity contribution < 1.29 is 19.0 Å². The average Bonchev–Trinajstić information content (AvgIpc) is 3.42. The van der Waals surface area contributed by atoms with Crippen LogP contribution in [-0.2, 0) is 17.8 Å². The molecular formula is C23H25N5O4. The summed E-state index contributed by atoms with van der Waals surface area (Å²) < 4.78 is 19.9. The number of aromatic nitrogens is 4. The molecule has 3 aromatic heterocycles. The quantitative estimate of drug-likeness (QED) is 0.434. The zero-order valence-corrected chi connectivity index (χ0v) is 18.2. The number of aryl methyl sites for hydroxylation is 1. The number of hydrogen-bond donors (Lipinski definition) is 1. The van der Waals surface area contributed by atoms with Gasteiger partial charge in [0.1, 0.15) is 5.65 Å². The maximum atomic E-state index is 12.5. The van der Waals surface area contributed by atoms with Crippen molar-refractivity contribution in [3.05, 3.63) is 66.4 Å². The van der Waals surface area contributed by atoms with Gasteiger partial charge in [0.25, 0.3) is 0 Å². The molecule has 3 heterocycles. The highest BCUT2D eigenvalue weighted by atomic mass is 16.5. The summed E-state index contributed by atoms with van der Waals surface area (Å²) in [7, 11) is 4.69. The molecule has 0 aliphatic rings. The maximum Gasteiger partial charge on any atom is 0.224 e. The van der Waals surface area contributed by atoms with Crippen LogP contribution >= 0.6 is 0 Å². The molecule has 0 fully saturated rings. The Morgan fingerprint density at radius 1 is 1.03 bits per heavy atom. The minimum atomic E-state index is -0.117. The van der Waals surface area contributed by atoms with Crippen molar-refractivity contribution in [3.8, 4) is 17.2 Å². The molecule has 0 saturated heterocycles. The number of methoxy groups -OCH3 is 3. The molecule has 166 valence electrons. The molecule has 0 aliphatic carbocycles. The van der Waals surface area contributed by atoms with Crippen molar-refractivity contribution in [3.63, 3.8) is 0 Å². The predicted molar refractivity (Wildman–Crippen MR) is 120 cm³/mol. The van der Waals surface area contributed by atoms with E-state index in [0.29, 0.717) is 35.9 Å². The molecule has 0 spiro atoms. The Kier molecular flexibility index (Phi) is 6.25. The zero-order chi connectivity index (χ0) is 22.5. The Bertz CT molecular complexity index is 1200. The molecule has 0 atom stereocenters. The van der Waals surface area contributed by atoms with Crippen molar-refractivity contribution in [1.82, 2.24) is 19.2 Å². The van der Waals surface area contributed by atoms with Gasteiger partial charge in [-0.25, -0.2) is 4.98 Å². The number of carbonyl (C=O) groups is 1. The van der Waals surface area contributed by atoms with Crippen molar-refractivity contribution in [1.29, 1.82) is 0 Å². The van der Waals surface area contributed by atoms with E-state index < -0.39 is 0 Å². The number of amides is 1. The van der Waals surface area contributed by atoms with Crippen molar-refractivity contribution in [2.24, 2.45) is 0 Å². The van der Waals surface area contributed by atoms with Crippen LogP contribution < -0.4 is 19.5 Å². The summed E-state index contributed by atoms with van der Waals surface area (Å²) in [5.74, 6) is 1.55. The molecule has 9 heteroatoms. The second kappa shape index (κ2) is 9.42. The molecule has 0 saturated carbocycles. The highest BCUT2D eigenvalue weighted by Crippen LogP contribution is 2.40. The number of benzene rings is 1. The van der Waals surface area contributed by atoms with E-state index in [1.54, 1.807) is 44.5 Å². The molecular weight excluding hydrogens is 410 g/mol. The molecule has 1 aromatic carbocycles. The number of pyridine rings is 1. The first-order valence-corrected chi connectivity index (χ1v) is 10.1. The fraction of sp³-hybridized carbons (Fsp3) is 0.261. The summed E-state index contributed by atoms with van der Waals surface area (Å²) in [6.45, 7) is 0.514. The number of imidazole rings is 1. The minimum absolute atomic E-state index is 0.117. The Labute approximate surface area is 185 Å². The Morgan fingerprint density at radius 3 is 2.62 bits per heavy atom. The summed E-state index contributed by atoms with van der Waals surface area (Å²) in [6, 6.07) is 9.53. The number of nitrogens with one attached hydrogen (secondary N) is 1. The van der Waals surface area contributed by atoms with Crippen LogP contribution in [0.4, 0.5) is 5.69 Å². The number of fused-ring (bicyclic) bond motifs is 1. The third-order valence-corrected chi connectivity index (χ3v) is 5.06. The second-order valence-corrected chi connectivity index (χ2v) is 7.17. The van der Waals surface area contributed by atoms with Gasteiger partial charge in [0.15, 0.2) is 11.5 Å². The zero-order valence-electron chi connectivity index (χ0n) is 18.2. The summed E-state index contributed by atoms with van der Waals surface area (Å²) in [4.78, 5) is 17.1. The van der Waals surface area contributed by atoms with Crippen LogP contribution in [0, 0.1) is 0 Å². The van der Waals surface area contributed by atoms with Gasteiger partial charge in [-0.15, -0.1) is 0 Å². The van der Waals surface area contributed by atoms with Gasteiger partial charge in [0, 0.05) is 25.0 Å². The number of rotatable bonds is 9. The van der Waals surface area contributed by atoms with E-state index in [1.807, 2.05) is 41.1 Å². The van der Waals surface area contributed by atoms with E-state index in [-0.39, 0.29) is 12.3 Å². The lowest BCUT2D eigenvalue weighted by molar-refractivity contribution is -0.116. The molecule has 1 amide bonds. The van der Waals surface area contributed by atoms with Gasteiger partial charge in [-0.1, -0.05) is 12.1 Å². The van der Waals surface area contributed by atoms with Crippen LogP contribution in [0.2, 0.25) is 0 Å². The molecule has 32 heavy (non-hydrogen) atoms. The number of ether oxygens (including phenoxy) is 3. The minimum Gasteiger partial charge on any atom is -0.493 e. The van der Waals surface area contributed by atoms with Gasteiger partial charge in [-0.2, -0.15) is 5.10 Å². The van der Waals surface area contributed by atoms with E-state index in [1.165, 1.54) is 0 Å². The maximum absolute atomic E-state index is 12.5. The van der Waals surface area contributed by atoms with Crippen molar-refractivity contribution in [2.45, 2.75) is 19.4 Å². The number of hydrogen-bond acceptors (Lipinski definition) is 6. The molecule has 1 N–H and O–H groups in total. The first-order chi connectivity index (χ1) is 15.6. The number of anilines is 1. The normalized spacial score (nSPS) is 10.8. The van der Waals surface area contributed by atoms with E-state index >= 15 is 0 Å². The predicted octanol–water partition coefficient (Wildman–Crippen LogP) is 3.18. The third-order valence-electron chi connectivity index (χ3n) is 5.06. The van der Waals surface area contributed by atoms with E-state index in [9.17, 15) is 4.79 Å². The van der Waals surface area contributed by atoms with Crippen LogP contribution in [0.5, 0.6) is 17.2 Å². The standard InChI is InChI=1S/C23H25N5O4/c1-30-19-9-7-16(22(31-2)23(19)32-3)8-10-21(29)26-17-12-24-28(14-17)15-18-13-27-11-5-4-6-20(27)25-18/h4-7,9,11-14H,8,10,15H2,1-3H3,(H,26,29). The third kappa shape index (κ3) is 4.51. The lowest BCUT2D eigenvalue weighted by Gasteiger charge is -2.15. The molecule has 0 radical (unpaired) electrons. The SMILES string of the molecule is COc1ccc(CCC(=O)Nc2cnn(Cc3cn4ccccc4n3)c2)c(OC)c1OC. The molecule has 0 bridgehead atoms. The Hall–Kier alpha value is -4.01. The van der Waals surface area contributed by atoms with Crippen LogP contribution in [-0.4, -0.2) is 46.4 Å². The monoisotopic (exact) mass is 435 g/mol. The van der Waals surface area contributed by atoms with Crippen molar-refractivity contribution >= 4 is 17.2 Å². The molecule has 0 aliphatic heterocycles. The van der Waals surface area contributed by atoms with Crippen LogP contribution in [0.15, 0.2) is 55.1 Å². The fourth-order valence-electron chi connectivity index (χ4n) is 3.58. The number of nitrogens with zero attached hydrogens (tertiary/aromatic N) is 4. The highest BCUT2D eigenvalue weighted by molar-refractivity contribution is 5.90. The summed E-state index contributed by atoms with van der Waals surface area (Å²) in [5, 5.41) is 7.21. The van der Waals surface area contributed by atoms with Crippen molar-refractivity contribution in [2.75, 3.05) is 26.6 Å². The van der Waals surface area contributed by atoms with Gasteiger partial charge in [0.2, 0.25) is 11.7 Å². The largest absolute Gasteiger partial charge is 0.493 e. The van der Waals surface area contributed by atoms with Crippen LogP contribution in [0.3, 0.4) is 0 Å². The number of carbonyl (C=O) groups excluding carboxylic acids is 1. The van der Waals surface area contributed by atoms with Gasteiger partial charge in [0.05, 0.1) is 45.5 Å². The summed E-state index contributed by atoms with van der Waals surface area (Å²) in [5.41, 5.74) is 3.27. The lowest BCUT2D eigenvalue weighted by atomic mass is 10.1. The average molecular weight is 435 g/mol. The van der Waals surface area contributed by atoms with Crippen LogP contribution in [0.25, 0.3) is 5.65 Å². The van der Waals surface area contributed by atoms with Gasteiger partial charge < -0.3 is 23.9 Å². The first kappa shape index (κ1) is 21.2. The Morgan fingerprint density at radius 2 is 1.88 bits per heavy atom. The highest BCUT2D eigenvalue weighted by Gasteiger charge is 2.16. The second-order valence-electron chi connectivity index (χ2n) is 7.17. The van der Waals surface area contributed by atoms with E-state index in [2.05, 4.69) is 15.4 Å². The first-order valence-electron chi connectivity index (χ1n) is 10.1. The molecule has 0 unspecified atom stereocenters. The smallest absolute Gasteiger partial charge is 0.224 e. The lowest BCUT2D eigenvalue weighted by Crippen LogP contribution is -2.12. The summed E-state index contributed by atoms with van der Waals surface area (Å²) >= 11 is 0. The molecule has 4 rings (SSSR count). The summed E-state index contributed by atoms with van der Waals surface area (Å²) in [6.07, 6.45) is 8.11. The van der Waals surface area contributed by atoms with Gasteiger partial charge >= 0.3 is 0 Å². The van der Waals surface area contributed by atoms with Crippen LogP contribution in [0.1, 0.15) is 17.7 Å². The fourth-order valence-corrected chi connectivity index (χ4v) is 3.58. The van der Waals surface area contributed by atoms with E-state index in [0.717, 1.165) is 16.9 Å².